The van der Waals surface area contributed by atoms with Crippen LogP contribution in [0.3, 0.4) is 0 Å². The van der Waals surface area contributed by atoms with Gasteiger partial charge in [-0.3, -0.25) is 4.79 Å². The second-order valence-corrected chi connectivity index (χ2v) is 5.80. The highest BCUT2D eigenvalue weighted by atomic mass is 16.5. The minimum absolute atomic E-state index is 0.0210. The summed E-state index contributed by atoms with van der Waals surface area (Å²) in [5.74, 6) is 0.754. The van der Waals surface area contributed by atoms with Crippen LogP contribution in [-0.4, -0.2) is 18.6 Å². The van der Waals surface area contributed by atoms with Crippen LogP contribution in [0.25, 0.3) is 0 Å². The lowest BCUT2D eigenvalue weighted by molar-refractivity contribution is -0.124. The Labute approximate surface area is 131 Å². The maximum absolute atomic E-state index is 12.7. The molecule has 1 atom stereocenters. The lowest BCUT2D eigenvalue weighted by Gasteiger charge is -2.31. The Morgan fingerprint density at radius 1 is 1.14 bits per heavy atom. The minimum Gasteiger partial charge on any atom is -0.481 e. The van der Waals surface area contributed by atoms with Gasteiger partial charge in [-0.15, -0.1) is 0 Å². The van der Waals surface area contributed by atoms with Gasteiger partial charge in [0.15, 0.2) is 6.10 Å². The van der Waals surface area contributed by atoms with Crippen LogP contribution in [0.1, 0.15) is 24.5 Å². The first-order valence-electron chi connectivity index (χ1n) is 7.78. The van der Waals surface area contributed by atoms with Crippen molar-refractivity contribution in [3.8, 4) is 5.75 Å². The molecular weight excluding hydrogens is 274 g/mol. The Bertz CT molecular complexity index is 663. The molecule has 2 aromatic rings. The van der Waals surface area contributed by atoms with Gasteiger partial charge in [-0.1, -0.05) is 35.9 Å². The summed E-state index contributed by atoms with van der Waals surface area (Å²) in [4.78, 5) is 14.6. The van der Waals surface area contributed by atoms with Gasteiger partial charge in [-0.05, 0) is 50.5 Å². The first-order valence-corrected chi connectivity index (χ1v) is 7.78. The summed E-state index contributed by atoms with van der Waals surface area (Å²) < 4.78 is 5.81. The van der Waals surface area contributed by atoms with Gasteiger partial charge in [0.1, 0.15) is 5.75 Å². The van der Waals surface area contributed by atoms with Crippen molar-refractivity contribution in [1.82, 2.24) is 0 Å². The largest absolute Gasteiger partial charge is 0.481 e. The van der Waals surface area contributed by atoms with E-state index in [9.17, 15) is 4.79 Å². The molecule has 22 heavy (non-hydrogen) atoms. The number of benzene rings is 2. The second kappa shape index (κ2) is 6.22. The predicted molar refractivity (Wildman–Crippen MR) is 88.4 cm³/mol. The number of aryl methyl sites for hydroxylation is 2. The topological polar surface area (TPSA) is 29.5 Å². The van der Waals surface area contributed by atoms with E-state index in [1.54, 1.807) is 0 Å². The maximum atomic E-state index is 12.7. The quantitative estimate of drug-likeness (QED) is 0.863. The van der Waals surface area contributed by atoms with Gasteiger partial charge >= 0.3 is 0 Å². The van der Waals surface area contributed by atoms with Crippen molar-refractivity contribution in [2.75, 3.05) is 11.4 Å². The van der Waals surface area contributed by atoms with Crippen molar-refractivity contribution in [3.63, 3.8) is 0 Å². The average Bonchev–Trinajstić information content (AvgIpc) is 2.55. The van der Waals surface area contributed by atoms with E-state index < -0.39 is 6.10 Å². The second-order valence-electron chi connectivity index (χ2n) is 5.80. The Morgan fingerprint density at radius 3 is 2.64 bits per heavy atom. The molecule has 114 valence electrons. The number of para-hydroxylation sites is 1. The third-order valence-electron chi connectivity index (χ3n) is 4.06. The van der Waals surface area contributed by atoms with Crippen LogP contribution < -0.4 is 9.64 Å². The Balaban J connectivity index is 1.75. The van der Waals surface area contributed by atoms with E-state index in [0.29, 0.717) is 0 Å². The fourth-order valence-corrected chi connectivity index (χ4v) is 2.85. The zero-order chi connectivity index (χ0) is 15.5. The molecule has 0 unspecified atom stereocenters. The van der Waals surface area contributed by atoms with E-state index in [0.717, 1.165) is 30.8 Å². The van der Waals surface area contributed by atoms with E-state index >= 15 is 0 Å². The van der Waals surface area contributed by atoms with Crippen molar-refractivity contribution >= 4 is 11.6 Å². The van der Waals surface area contributed by atoms with Gasteiger partial charge in [0.2, 0.25) is 0 Å². The first kappa shape index (κ1) is 14.6. The monoisotopic (exact) mass is 295 g/mol. The molecule has 1 aliphatic heterocycles. The van der Waals surface area contributed by atoms with E-state index in [-0.39, 0.29) is 5.91 Å². The molecule has 0 aromatic heterocycles. The lowest BCUT2D eigenvalue weighted by atomic mass is 10.0. The van der Waals surface area contributed by atoms with Crippen LogP contribution in [0.15, 0.2) is 48.5 Å². The average molecular weight is 295 g/mol. The van der Waals surface area contributed by atoms with Crippen LogP contribution in [0.4, 0.5) is 5.69 Å². The van der Waals surface area contributed by atoms with Gasteiger partial charge in [0, 0.05) is 12.2 Å². The molecule has 0 radical (unpaired) electrons. The van der Waals surface area contributed by atoms with Gasteiger partial charge in [-0.2, -0.15) is 0 Å². The van der Waals surface area contributed by atoms with Crippen molar-refractivity contribution in [2.45, 2.75) is 32.8 Å². The van der Waals surface area contributed by atoms with Crippen LogP contribution in [0.5, 0.6) is 5.75 Å². The molecule has 2 aromatic carbocycles. The SMILES string of the molecule is Cc1ccc(O[C@H](C)C(=O)N2CCCc3ccccc32)cc1. The molecule has 1 amide bonds. The number of rotatable bonds is 3. The molecule has 0 bridgehead atoms. The Morgan fingerprint density at radius 2 is 1.86 bits per heavy atom. The molecule has 0 N–H and O–H groups in total. The van der Waals surface area contributed by atoms with Gasteiger partial charge < -0.3 is 9.64 Å². The Kier molecular flexibility index (Phi) is 4.14. The van der Waals surface area contributed by atoms with Crippen molar-refractivity contribution in [3.05, 3.63) is 59.7 Å². The third kappa shape index (κ3) is 2.98. The molecule has 0 saturated carbocycles. The van der Waals surface area contributed by atoms with Crippen LogP contribution in [0, 0.1) is 6.92 Å². The normalized spacial score (nSPS) is 15.1. The molecule has 0 saturated heterocycles. The summed E-state index contributed by atoms with van der Waals surface area (Å²) in [5, 5.41) is 0. The highest BCUT2D eigenvalue weighted by Gasteiger charge is 2.27. The van der Waals surface area contributed by atoms with E-state index in [1.165, 1.54) is 11.1 Å². The zero-order valence-electron chi connectivity index (χ0n) is 13.1. The van der Waals surface area contributed by atoms with E-state index in [2.05, 4.69) is 6.07 Å². The number of amides is 1. The Hall–Kier alpha value is -2.29. The molecule has 0 spiro atoms. The van der Waals surface area contributed by atoms with Crippen molar-refractivity contribution in [1.29, 1.82) is 0 Å². The standard InChI is InChI=1S/C19H21NO2/c1-14-9-11-17(12-10-14)22-15(2)19(21)20-13-5-7-16-6-3-4-8-18(16)20/h3-4,6,8-12,15H,5,7,13H2,1-2H3/t15-/m1/s1. The number of carbonyl (C=O) groups excluding carboxylic acids is 1. The van der Waals surface area contributed by atoms with E-state index in [1.807, 2.05) is 61.2 Å². The highest BCUT2D eigenvalue weighted by molar-refractivity contribution is 5.97. The summed E-state index contributed by atoms with van der Waals surface area (Å²) in [6, 6.07) is 15.9. The fourth-order valence-electron chi connectivity index (χ4n) is 2.85. The summed E-state index contributed by atoms with van der Waals surface area (Å²) in [7, 11) is 0. The number of hydrogen-bond donors (Lipinski definition) is 0. The summed E-state index contributed by atoms with van der Waals surface area (Å²) in [6.07, 6.45) is 1.54. The fraction of sp³-hybridized carbons (Fsp3) is 0.316. The summed E-state index contributed by atoms with van der Waals surface area (Å²) >= 11 is 0. The molecule has 1 heterocycles. The van der Waals surface area contributed by atoms with Crippen molar-refractivity contribution < 1.29 is 9.53 Å². The number of carbonyl (C=O) groups is 1. The van der Waals surface area contributed by atoms with E-state index in [4.69, 9.17) is 4.74 Å². The van der Waals surface area contributed by atoms with Crippen molar-refractivity contribution in [2.24, 2.45) is 0 Å². The molecule has 0 aliphatic carbocycles. The van der Waals surface area contributed by atoms with Gasteiger partial charge in [0.25, 0.3) is 5.91 Å². The predicted octanol–water partition coefficient (Wildman–Crippen LogP) is 3.74. The number of ether oxygens (including phenoxy) is 1. The smallest absolute Gasteiger partial charge is 0.267 e. The highest BCUT2D eigenvalue weighted by Crippen LogP contribution is 2.27. The molecule has 1 aliphatic rings. The number of anilines is 1. The minimum atomic E-state index is -0.492. The summed E-state index contributed by atoms with van der Waals surface area (Å²) in [5.41, 5.74) is 3.44. The molecule has 3 nitrogen and oxygen atoms in total. The molecular formula is C19H21NO2. The lowest BCUT2D eigenvalue weighted by Crippen LogP contribution is -2.43. The summed E-state index contributed by atoms with van der Waals surface area (Å²) in [6.45, 7) is 4.61. The van der Waals surface area contributed by atoms with Gasteiger partial charge in [-0.25, -0.2) is 0 Å². The molecule has 0 fully saturated rings. The molecule has 3 heteroatoms. The zero-order valence-corrected chi connectivity index (χ0v) is 13.1. The number of nitrogens with zero attached hydrogens (tertiary/aromatic N) is 1. The number of hydrogen-bond acceptors (Lipinski definition) is 2. The van der Waals surface area contributed by atoms with Crippen LogP contribution in [0.2, 0.25) is 0 Å². The molecule has 3 rings (SSSR count). The number of fused-ring (bicyclic) bond motifs is 1. The third-order valence-corrected chi connectivity index (χ3v) is 4.06. The maximum Gasteiger partial charge on any atom is 0.267 e. The first-order chi connectivity index (χ1) is 10.6. The van der Waals surface area contributed by atoms with Gasteiger partial charge in [0.05, 0.1) is 0 Å². The van der Waals surface area contributed by atoms with Crippen LogP contribution >= 0.6 is 0 Å². The van der Waals surface area contributed by atoms with Crippen LogP contribution in [-0.2, 0) is 11.2 Å².